The molecule has 0 aromatic carbocycles. The molecule has 2 atom stereocenters. The van der Waals surface area contributed by atoms with Crippen molar-refractivity contribution in [1.29, 1.82) is 0 Å². The van der Waals surface area contributed by atoms with Crippen LogP contribution in [0, 0.1) is 5.92 Å². The quantitative estimate of drug-likeness (QED) is 0.803. The van der Waals surface area contributed by atoms with Gasteiger partial charge < -0.3 is 10.2 Å². The third-order valence-electron chi connectivity index (χ3n) is 5.03. The third kappa shape index (κ3) is 3.35. The molecule has 20 heavy (non-hydrogen) atoms. The molecule has 0 saturated carbocycles. The summed E-state index contributed by atoms with van der Waals surface area (Å²) in [6.07, 6.45) is 11.8. The molecule has 2 saturated heterocycles. The van der Waals surface area contributed by atoms with E-state index in [1.165, 1.54) is 38.8 Å². The molecule has 4 heteroatoms. The van der Waals surface area contributed by atoms with Crippen molar-refractivity contribution in [2.45, 2.75) is 44.6 Å². The molecule has 1 aliphatic carbocycles. The molecule has 2 amide bonds. The number of likely N-dealkylation sites (tertiary alicyclic amines) is 2. The Labute approximate surface area is 122 Å². The van der Waals surface area contributed by atoms with Crippen molar-refractivity contribution in [3.8, 4) is 0 Å². The molecule has 112 valence electrons. The zero-order valence-corrected chi connectivity index (χ0v) is 12.4. The number of carbonyl (C=O) groups is 1. The Kier molecular flexibility index (Phi) is 4.61. The van der Waals surface area contributed by atoms with E-state index in [1.807, 2.05) is 4.90 Å². The van der Waals surface area contributed by atoms with Gasteiger partial charge in [-0.15, -0.1) is 0 Å². The first-order valence-electron chi connectivity index (χ1n) is 8.25. The molecule has 3 rings (SSSR count). The molecule has 0 aromatic heterocycles. The maximum atomic E-state index is 12.2. The Morgan fingerprint density at radius 1 is 1.15 bits per heavy atom. The van der Waals surface area contributed by atoms with Crippen LogP contribution in [0.3, 0.4) is 0 Å². The molecule has 0 radical (unpaired) electrons. The fourth-order valence-corrected chi connectivity index (χ4v) is 3.72. The van der Waals surface area contributed by atoms with Crippen LogP contribution in [0.2, 0.25) is 0 Å². The fourth-order valence-electron chi connectivity index (χ4n) is 3.72. The number of nitrogens with one attached hydrogen (secondary N) is 1. The topological polar surface area (TPSA) is 35.6 Å². The van der Waals surface area contributed by atoms with Gasteiger partial charge in [0.15, 0.2) is 0 Å². The van der Waals surface area contributed by atoms with Crippen molar-refractivity contribution in [3.63, 3.8) is 0 Å². The van der Waals surface area contributed by atoms with Crippen molar-refractivity contribution in [3.05, 3.63) is 12.2 Å². The van der Waals surface area contributed by atoms with Gasteiger partial charge in [-0.3, -0.25) is 4.90 Å². The molecule has 0 bridgehead atoms. The SMILES string of the molecule is O=C(NC[C@H]1CC=CCC1)N1CC[C@H](N2CCCC2)C1. The summed E-state index contributed by atoms with van der Waals surface area (Å²) in [6.45, 7) is 5.16. The second-order valence-corrected chi connectivity index (χ2v) is 6.47. The largest absolute Gasteiger partial charge is 0.338 e. The van der Waals surface area contributed by atoms with Crippen molar-refractivity contribution in [2.75, 3.05) is 32.7 Å². The lowest BCUT2D eigenvalue weighted by Gasteiger charge is -2.24. The standard InChI is InChI=1S/C16H27N3O/c20-16(17-12-14-6-2-1-3-7-14)19-11-8-15(13-19)18-9-4-5-10-18/h1-2,14-15H,3-13H2,(H,17,20)/t14-,15-/m0/s1. The fraction of sp³-hybridized carbons (Fsp3) is 0.812. The van der Waals surface area contributed by atoms with Crippen molar-refractivity contribution < 1.29 is 4.79 Å². The second-order valence-electron chi connectivity index (χ2n) is 6.47. The predicted molar refractivity (Wildman–Crippen MR) is 80.7 cm³/mol. The van der Waals surface area contributed by atoms with Crippen LogP contribution < -0.4 is 5.32 Å². The molecule has 0 unspecified atom stereocenters. The number of allylic oxidation sites excluding steroid dienone is 2. The Hall–Kier alpha value is -1.03. The van der Waals surface area contributed by atoms with Crippen LogP contribution >= 0.6 is 0 Å². The van der Waals surface area contributed by atoms with Crippen LogP contribution in [0.1, 0.15) is 38.5 Å². The average molecular weight is 277 g/mol. The van der Waals surface area contributed by atoms with E-state index in [-0.39, 0.29) is 6.03 Å². The first-order valence-corrected chi connectivity index (χ1v) is 8.25. The van der Waals surface area contributed by atoms with Gasteiger partial charge in [0.25, 0.3) is 0 Å². The van der Waals surface area contributed by atoms with Crippen LogP contribution in [0.5, 0.6) is 0 Å². The van der Waals surface area contributed by atoms with Gasteiger partial charge in [-0.2, -0.15) is 0 Å². The van der Waals surface area contributed by atoms with Gasteiger partial charge in [0, 0.05) is 25.7 Å². The van der Waals surface area contributed by atoms with Crippen molar-refractivity contribution >= 4 is 6.03 Å². The Morgan fingerprint density at radius 3 is 2.75 bits per heavy atom. The Balaban J connectivity index is 1.40. The number of hydrogen-bond acceptors (Lipinski definition) is 2. The highest BCUT2D eigenvalue weighted by molar-refractivity contribution is 5.74. The van der Waals surface area contributed by atoms with Gasteiger partial charge >= 0.3 is 6.03 Å². The van der Waals surface area contributed by atoms with Gasteiger partial charge in [0.2, 0.25) is 0 Å². The molecule has 0 spiro atoms. The van der Waals surface area contributed by atoms with Crippen LogP contribution in [0.15, 0.2) is 12.2 Å². The van der Waals surface area contributed by atoms with Crippen LogP contribution in [-0.2, 0) is 0 Å². The summed E-state index contributed by atoms with van der Waals surface area (Å²) in [7, 11) is 0. The van der Waals surface area contributed by atoms with Gasteiger partial charge in [-0.1, -0.05) is 12.2 Å². The molecular weight excluding hydrogens is 250 g/mol. The van der Waals surface area contributed by atoms with Gasteiger partial charge in [0.1, 0.15) is 0 Å². The molecular formula is C16H27N3O. The lowest BCUT2D eigenvalue weighted by molar-refractivity contribution is 0.196. The highest BCUT2D eigenvalue weighted by atomic mass is 16.2. The summed E-state index contributed by atoms with van der Waals surface area (Å²) in [4.78, 5) is 16.8. The number of amides is 2. The maximum absolute atomic E-state index is 12.2. The van der Waals surface area contributed by atoms with Crippen LogP contribution in [0.25, 0.3) is 0 Å². The Morgan fingerprint density at radius 2 is 2.00 bits per heavy atom. The summed E-state index contributed by atoms with van der Waals surface area (Å²) in [5.41, 5.74) is 0. The minimum absolute atomic E-state index is 0.154. The molecule has 2 aliphatic heterocycles. The van der Waals surface area contributed by atoms with Crippen LogP contribution in [0.4, 0.5) is 4.79 Å². The summed E-state index contributed by atoms with van der Waals surface area (Å²) in [5.74, 6) is 0.640. The number of urea groups is 1. The van der Waals surface area contributed by atoms with Crippen LogP contribution in [-0.4, -0.2) is 54.6 Å². The minimum Gasteiger partial charge on any atom is -0.338 e. The van der Waals surface area contributed by atoms with Crippen molar-refractivity contribution in [2.24, 2.45) is 5.92 Å². The summed E-state index contributed by atoms with van der Waals surface area (Å²) in [6, 6.07) is 0.766. The smallest absolute Gasteiger partial charge is 0.317 e. The number of carbonyl (C=O) groups excluding carboxylic acids is 1. The Bertz CT molecular complexity index is 363. The highest BCUT2D eigenvalue weighted by Crippen LogP contribution is 2.21. The van der Waals surface area contributed by atoms with Crippen molar-refractivity contribution in [1.82, 2.24) is 15.1 Å². The minimum atomic E-state index is 0.154. The van der Waals surface area contributed by atoms with E-state index in [2.05, 4.69) is 22.4 Å². The lowest BCUT2D eigenvalue weighted by atomic mass is 9.94. The first-order chi connectivity index (χ1) is 9.83. The highest BCUT2D eigenvalue weighted by Gasteiger charge is 2.31. The van der Waals surface area contributed by atoms with E-state index in [0.717, 1.165) is 32.5 Å². The molecule has 2 fully saturated rings. The number of hydrogen-bond donors (Lipinski definition) is 1. The molecule has 3 aliphatic rings. The summed E-state index contributed by atoms with van der Waals surface area (Å²) >= 11 is 0. The monoisotopic (exact) mass is 277 g/mol. The molecule has 1 N–H and O–H groups in total. The van der Waals surface area contributed by atoms with Gasteiger partial charge in [-0.25, -0.2) is 4.79 Å². The molecule has 4 nitrogen and oxygen atoms in total. The summed E-state index contributed by atoms with van der Waals surface area (Å²) < 4.78 is 0. The van der Waals surface area contributed by atoms with E-state index < -0.39 is 0 Å². The summed E-state index contributed by atoms with van der Waals surface area (Å²) in [5, 5.41) is 3.14. The zero-order chi connectivity index (χ0) is 13.8. The average Bonchev–Trinajstić information content (AvgIpc) is 3.16. The van der Waals surface area contributed by atoms with Gasteiger partial charge in [0.05, 0.1) is 0 Å². The number of nitrogens with zero attached hydrogens (tertiary/aromatic N) is 2. The molecule has 0 aromatic rings. The zero-order valence-electron chi connectivity index (χ0n) is 12.4. The number of rotatable bonds is 3. The van der Waals surface area contributed by atoms with Gasteiger partial charge in [-0.05, 0) is 57.5 Å². The molecule has 2 heterocycles. The lowest BCUT2D eigenvalue weighted by Crippen LogP contribution is -2.43. The third-order valence-corrected chi connectivity index (χ3v) is 5.03. The maximum Gasteiger partial charge on any atom is 0.317 e. The van der Waals surface area contributed by atoms with E-state index in [1.54, 1.807) is 0 Å². The normalized spacial score (nSPS) is 30.9. The first kappa shape index (κ1) is 13.9. The van der Waals surface area contributed by atoms with E-state index in [0.29, 0.717) is 12.0 Å². The van der Waals surface area contributed by atoms with E-state index in [9.17, 15) is 4.79 Å². The predicted octanol–water partition coefficient (Wildman–Crippen LogP) is 2.22. The second kappa shape index (κ2) is 6.61. The van der Waals surface area contributed by atoms with E-state index >= 15 is 0 Å². The van der Waals surface area contributed by atoms with E-state index in [4.69, 9.17) is 0 Å².